The Morgan fingerprint density at radius 1 is 0.977 bits per heavy atom. The number of aryl methyl sites for hydroxylation is 1. The molecule has 1 aliphatic carbocycles. The van der Waals surface area contributed by atoms with Crippen molar-refractivity contribution in [2.24, 2.45) is 24.4 Å². The van der Waals surface area contributed by atoms with E-state index in [1.54, 1.807) is 0 Å². The highest BCUT2D eigenvalue weighted by Gasteiger charge is 2.32. The number of ketones is 1. The number of hydrogen-bond acceptors (Lipinski definition) is 5. The molecular formula is C36H48N2O3P2. The number of carbonyl (C=O) groups is 2. The summed E-state index contributed by atoms with van der Waals surface area (Å²) in [6, 6.07) is 17.4. The number of carbonyl (C=O) groups excluding carboxylic acids is 2. The molecular weight excluding hydrogens is 570 g/mol. The molecule has 0 spiro atoms. The lowest BCUT2D eigenvalue weighted by atomic mass is 9.85. The van der Waals surface area contributed by atoms with Crippen LogP contribution < -0.4 is 10.2 Å². The fourth-order valence-electron chi connectivity index (χ4n) is 7.80. The zero-order chi connectivity index (χ0) is 29.8. The fourth-order valence-corrected chi connectivity index (χ4v) is 11.3. The van der Waals surface area contributed by atoms with Crippen LogP contribution in [0.15, 0.2) is 48.5 Å². The van der Waals surface area contributed by atoms with E-state index in [1.807, 2.05) is 0 Å². The Labute approximate surface area is 260 Å². The van der Waals surface area contributed by atoms with E-state index in [0.717, 1.165) is 82.2 Å². The Hall–Kier alpha value is -2.03. The minimum absolute atomic E-state index is 0.150. The lowest BCUT2D eigenvalue weighted by Gasteiger charge is -2.32. The summed E-state index contributed by atoms with van der Waals surface area (Å²) in [6.07, 6.45) is 9.03. The molecule has 3 fully saturated rings. The van der Waals surface area contributed by atoms with Crippen molar-refractivity contribution in [3.05, 3.63) is 59.4 Å². The van der Waals surface area contributed by atoms with Crippen molar-refractivity contribution < 1.29 is 14.3 Å². The maximum Gasteiger partial charge on any atom is 0.189 e. The van der Waals surface area contributed by atoms with Gasteiger partial charge in [-0.1, -0.05) is 50.1 Å². The van der Waals surface area contributed by atoms with E-state index >= 15 is 0 Å². The van der Waals surface area contributed by atoms with Crippen LogP contribution in [-0.2, 0) is 22.7 Å². The third kappa shape index (κ3) is 7.28. The van der Waals surface area contributed by atoms with Gasteiger partial charge in [0.05, 0.1) is 13.2 Å². The van der Waals surface area contributed by atoms with Crippen molar-refractivity contribution in [1.29, 1.82) is 0 Å². The Balaban J connectivity index is 1.06. The lowest BCUT2D eigenvalue weighted by molar-refractivity contribution is -0.124. The second kappa shape index (κ2) is 14.4. The van der Waals surface area contributed by atoms with Crippen molar-refractivity contribution in [2.45, 2.75) is 64.8 Å². The van der Waals surface area contributed by atoms with Crippen molar-refractivity contribution in [3.63, 3.8) is 0 Å². The van der Waals surface area contributed by atoms with E-state index in [1.165, 1.54) is 47.4 Å². The third-order valence-corrected chi connectivity index (χ3v) is 13.9. The van der Waals surface area contributed by atoms with Gasteiger partial charge < -0.3 is 9.64 Å². The average Bonchev–Trinajstić information content (AvgIpc) is 3.66. The predicted octanol–water partition coefficient (Wildman–Crippen LogP) is 7.73. The summed E-state index contributed by atoms with van der Waals surface area (Å²) in [4.78, 5) is 31.5. The second-order valence-corrected chi connectivity index (χ2v) is 16.3. The monoisotopic (exact) mass is 618 g/mol. The Morgan fingerprint density at radius 3 is 2.56 bits per heavy atom. The molecule has 1 saturated carbocycles. The summed E-state index contributed by atoms with van der Waals surface area (Å²) in [6.45, 7) is 11.0. The molecule has 0 radical (unpaired) electrons. The van der Waals surface area contributed by atoms with Crippen LogP contribution in [-0.4, -0.2) is 55.6 Å². The fraction of sp³-hybridized carbons (Fsp3) is 0.556. The number of anilines is 1. The normalized spacial score (nSPS) is 22.7. The minimum Gasteiger partial charge on any atom is -0.378 e. The maximum atomic E-state index is 13.6. The van der Waals surface area contributed by atoms with E-state index < -0.39 is 7.53 Å². The first kappa shape index (κ1) is 31.0. The molecule has 0 amide bonds. The van der Waals surface area contributed by atoms with Crippen LogP contribution in [0.25, 0.3) is 10.5 Å². The number of ether oxygens (including phenoxy) is 1. The molecule has 0 N–H and O–H groups in total. The van der Waals surface area contributed by atoms with Gasteiger partial charge in [0, 0.05) is 48.1 Å². The average molecular weight is 619 g/mol. The second-order valence-electron chi connectivity index (χ2n) is 13.0. The summed E-state index contributed by atoms with van der Waals surface area (Å²) in [5, 5.41) is 4.78. The van der Waals surface area contributed by atoms with Crippen molar-refractivity contribution in [3.8, 4) is 0 Å². The zero-order valence-electron chi connectivity index (χ0n) is 26.0. The highest BCUT2D eigenvalue weighted by atomic mass is 31.1. The largest absolute Gasteiger partial charge is 0.378 e. The summed E-state index contributed by atoms with van der Waals surface area (Å²) >= 11 is 0. The van der Waals surface area contributed by atoms with Gasteiger partial charge in [-0.25, -0.2) is 0 Å². The highest BCUT2D eigenvalue weighted by Crippen LogP contribution is 2.46. The molecule has 3 heterocycles. The number of Topliss-reactive ketones (excluding diaryl/α,β-unsaturated/α-hetero) is 1. The quantitative estimate of drug-likeness (QED) is 0.206. The number of rotatable bonds is 11. The summed E-state index contributed by atoms with van der Waals surface area (Å²) in [7, 11) is -0.502. The van der Waals surface area contributed by atoms with Gasteiger partial charge in [0.25, 0.3) is 0 Å². The number of morpholine rings is 1. The molecule has 2 aliphatic heterocycles. The van der Waals surface area contributed by atoms with Crippen LogP contribution in [0.5, 0.6) is 0 Å². The summed E-state index contributed by atoms with van der Waals surface area (Å²) < 4.78 is 5.51. The lowest BCUT2D eigenvalue weighted by Crippen LogP contribution is -2.36. The van der Waals surface area contributed by atoms with Crippen molar-refractivity contribution in [2.75, 3.05) is 44.3 Å². The van der Waals surface area contributed by atoms with Gasteiger partial charge in [-0.15, -0.1) is 7.53 Å². The van der Waals surface area contributed by atoms with E-state index in [2.05, 4.69) is 71.9 Å². The van der Waals surface area contributed by atoms with Crippen LogP contribution in [0, 0.1) is 17.8 Å². The van der Waals surface area contributed by atoms with Gasteiger partial charge in [-0.05, 0) is 107 Å². The van der Waals surface area contributed by atoms with Gasteiger partial charge in [0.2, 0.25) is 0 Å². The molecule has 230 valence electrons. The van der Waals surface area contributed by atoms with Crippen LogP contribution in [0.4, 0.5) is 5.69 Å². The Kier molecular flexibility index (Phi) is 10.4. The van der Waals surface area contributed by atoms with Gasteiger partial charge in [0.1, 0.15) is 5.78 Å². The number of benzene rings is 2. The summed E-state index contributed by atoms with van der Waals surface area (Å²) in [5.74, 6) is 2.22. The van der Waals surface area contributed by atoms with Gasteiger partial charge in [0.15, 0.2) is 5.52 Å². The van der Waals surface area contributed by atoms with E-state index in [4.69, 9.17) is 4.74 Å². The third-order valence-electron chi connectivity index (χ3n) is 10.3. The standard InChI is InChI=1S/C36H48N2O3P2/c1-3-27-7-5-12-32(27)33(39)14-13-26-15-17-37(18-16-26)25-29-9-4-8-28-23-34(43(2)35(28)29)36(40)42-31-11-6-10-30(24-31)38-19-21-41-22-20-38/h4,6,8-11,23-24,26-27,32,42H,3,5,7,12-22,25H2,1-2H3. The molecule has 3 aromatic rings. The molecule has 2 aromatic carbocycles. The van der Waals surface area contributed by atoms with Crippen LogP contribution in [0.2, 0.25) is 0 Å². The topological polar surface area (TPSA) is 49.9 Å². The molecule has 4 unspecified atom stereocenters. The first-order valence-electron chi connectivity index (χ1n) is 16.6. The van der Waals surface area contributed by atoms with E-state index in [-0.39, 0.29) is 14.1 Å². The first-order valence-corrected chi connectivity index (χ1v) is 19.4. The Bertz CT molecular complexity index is 1420. The molecule has 43 heavy (non-hydrogen) atoms. The molecule has 5 nitrogen and oxygen atoms in total. The molecule has 7 heteroatoms. The smallest absolute Gasteiger partial charge is 0.189 e. The SMILES string of the molecule is CCC1CCCC1C(=O)CCC1CCN(Cc2cccc3cc(C(=O)Pc4cccc(N5CCOCC5)c4)p(C)c23)CC1. The van der Waals surface area contributed by atoms with Gasteiger partial charge in [-0.3, -0.25) is 14.5 Å². The first-order chi connectivity index (χ1) is 21.0. The molecule has 0 bridgehead atoms. The van der Waals surface area contributed by atoms with Crippen LogP contribution >= 0.6 is 16.1 Å². The van der Waals surface area contributed by atoms with Gasteiger partial charge >= 0.3 is 0 Å². The van der Waals surface area contributed by atoms with Crippen molar-refractivity contribution in [1.82, 2.24) is 4.90 Å². The Morgan fingerprint density at radius 2 is 1.77 bits per heavy atom. The summed E-state index contributed by atoms with van der Waals surface area (Å²) in [5.41, 5.74) is 2.87. The zero-order valence-corrected chi connectivity index (χ0v) is 27.9. The van der Waals surface area contributed by atoms with Crippen LogP contribution in [0.3, 0.4) is 0 Å². The molecule has 1 aromatic heterocycles. The number of hydrogen-bond donors (Lipinski definition) is 0. The highest BCUT2D eigenvalue weighted by molar-refractivity contribution is 7.69. The number of nitrogens with zero attached hydrogens (tertiary/aromatic N) is 2. The maximum absolute atomic E-state index is 13.6. The number of fused-ring (bicyclic) bond motifs is 1. The predicted molar refractivity (Wildman–Crippen MR) is 183 cm³/mol. The molecule has 3 aliphatic rings. The molecule has 6 rings (SSSR count). The van der Waals surface area contributed by atoms with Crippen molar-refractivity contribution >= 4 is 48.9 Å². The van der Waals surface area contributed by atoms with E-state index in [9.17, 15) is 9.59 Å². The van der Waals surface area contributed by atoms with Gasteiger partial charge in [-0.2, -0.15) is 0 Å². The molecule has 4 atom stereocenters. The minimum atomic E-state index is -0.652. The number of likely N-dealkylation sites (tertiary alicyclic amines) is 1. The van der Waals surface area contributed by atoms with E-state index in [0.29, 0.717) is 23.5 Å². The van der Waals surface area contributed by atoms with Crippen LogP contribution in [0.1, 0.15) is 73.9 Å². The molecule has 2 saturated heterocycles. The number of piperidine rings is 1.